The minimum absolute atomic E-state index is 0. The Bertz CT molecular complexity index is 953. The van der Waals surface area contributed by atoms with E-state index < -0.39 is 0 Å². The fraction of sp³-hybridized carbons (Fsp3) is 0.400. The molecule has 0 amide bonds. The number of aromatic nitrogens is 4. The van der Waals surface area contributed by atoms with Crippen LogP contribution in [-0.4, -0.2) is 38.7 Å². The van der Waals surface area contributed by atoms with Gasteiger partial charge in [0.05, 0.1) is 6.54 Å². The van der Waals surface area contributed by atoms with Gasteiger partial charge in [-0.05, 0) is 43.9 Å². The minimum atomic E-state index is 0. The van der Waals surface area contributed by atoms with Crippen molar-refractivity contribution in [3.63, 3.8) is 0 Å². The van der Waals surface area contributed by atoms with E-state index >= 15 is 0 Å². The third-order valence-electron chi connectivity index (χ3n) is 4.90. The summed E-state index contributed by atoms with van der Waals surface area (Å²) in [7, 11) is 1.75. The van der Waals surface area contributed by atoms with Gasteiger partial charge in [0.1, 0.15) is 6.10 Å². The Labute approximate surface area is 187 Å². The monoisotopic (exact) mass is 507 g/mol. The average molecular weight is 507 g/mol. The van der Waals surface area contributed by atoms with Crippen LogP contribution < -0.4 is 15.4 Å². The zero-order valence-electron chi connectivity index (χ0n) is 16.4. The summed E-state index contributed by atoms with van der Waals surface area (Å²) in [6.45, 7) is 1.10. The highest BCUT2D eigenvalue weighted by molar-refractivity contribution is 14.0. The molecule has 1 aliphatic carbocycles. The van der Waals surface area contributed by atoms with Gasteiger partial charge in [0.25, 0.3) is 0 Å². The molecule has 0 aromatic carbocycles. The number of halogens is 1. The Morgan fingerprint density at radius 1 is 1.14 bits per heavy atom. The second kappa shape index (κ2) is 10.4. The SMILES string of the molecule is CN=C(NCc1cccnc1OC1CCCC1)NCc1nnc2ccccn12.I. The summed E-state index contributed by atoms with van der Waals surface area (Å²) in [6.07, 6.45) is 8.70. The molecule has 3 aromatic heterocycles. The van der Waals surface area contributed by atoms with Crippen molar-refractivity contribution >= 4 is 35.6 Å². The van der Waals surface area contributed by atoms with Crippen molar-refractivity contribution in [1.82, 2.24) is 30.2 Å². The maximum absolute atomic E-state index is 6.11. The first-order valence-corrected chi connectivity index (χ1v) is 9.67. The van der Waals surface area contributed by atoms with Crippen molar-refractivity contribution in [2.75, 3.05) is 7.05 Å². The summed E-state index contributed by atoms with van der Waals surface area (Å²) in [5.74, 6) is 2.22. The van der Waals surface area contributed by atoms with Gasteiger partial charge in [-0.25, -0.2) is 4.98 Å². The number of hydrogen-bond donors (Lipinski definition) is 2. The normalized spacial score (nSPS) is 14.6. The molecule has 4 rings (SSSR count). The molecule has 0 radical (unpaired) electrons. The van der Waals surface area contributed by atoms with E-state index in [1.54, 1.807) is 13.2 Å². The molecule has 3 heterocycles. The quantitative estimate of drug-likeness (QED) is 0.303. The average Bonchev–Trinajstić information content (AvgIpc) is 3.39. The zero-order valence-corrected chi connectivity index (χ0v) is 18.7. The second-order valence-electron chi connectivity index (χ2n) is 6.82. The van der Waals surface area contributed by atoms with Crippen molar-refractivity contribution in [2.24, 2.45) is 4.99 Å². The van der Waals surface area contributed by atoms with Crippen molar-refractivity contribution in [2.45, 2.75) is 44.9 Å². The van der Waals surface area contributed by atoms with Crippen molar-refractivity contribution in [3.05, 3.63) is 54.1 Å². The molecule has 9 heteroatoms. The molecule has 0 aliphatic heterocycles. The highest BCUT2D eigenvalue weighted by atomic mass is 127. The molecule has 154 valence electrons. The van der Waals surface area contributed by atoms with Crippen LogP contribution in [0.5, 0.6) is 5.88 Å². The zero-order chi connectivity index (χ0) is 19.2. The van der Waals surface area contributed by atoms with Crippen LogP contribution >= 0.6 is 24.0 Å². The fourth-order valence-corrected chi connectivity index (χ4v) is 3.40. The molecule has 29 heavy (non-hydrogen) atoms. The Kier molecular flexibility index (Phi) is 7.62. The van der Waals surface area contributed by atoms with Gasteiger partial charge in [0.15, 0.2) is 17.4 Å². The van der Waals surface area contributed by atoms with Crippen LogP contribution in [0.4, 0.5) is 0 Å². The maximum Gasteiger partial charge on any atom is 0.218 e. The highest BCUT2D eigenvalue weighted by Crippen LogP contribution is 2.24. The van der Waals surface area contributed by atoms with Crippen molar-refractivity contribution in [3.8, 4) is 5.88 Å². The predicted molar refractivity (Wildman–Crippen MR) is 123 cm³/mol. The third kappa shape index (κ3) is 5.34. The van der Waals surface area contributed by atoms with E-state index in [2.05, 4.69) is 30.8 Å². The summed E-state index contributed by atoms with van der Waals surface area (Å²) < 4.78 is 8.06. The topological polar surface area (TPSA) is 88.7 Å². The molecule has 0 unspecified atom stereocenters. The molecule has 3 aromatic rings. The van der Waals surface area contributed by atoms with Crippen LogP contribution in [0.1, 0.15) is 37.1 Å². The van der Waals surface area contributed by atoms with E-state index in [1.807, 2.05) is 40.9 Å². The van der Waals surface area contributed by atoms with E-state index in [0.29, 0.717) is 24.9 Å². The molecule has 0 atom stereocenters. The van der Waals surface area contributed by atoms with Crippen LogP contribution in [-0.2, 0) is 13.1 Å². The van der Waals surface area contributed by atoms with E-state index in [9.17, 15) is 0 Å². The van der Waals surface area contributed by atoms with Gasteiger partial charge in [0, 0.05) is 31.5 Å². The van der Waals surface area contributed by atoms with E-state index in [4.69, 9.17) is 4.74 Å². The Morgan fingerprint density at radius 3 is 2.79 bits per heavy atom. The van der Waals surface area contributed by atoms with Crippen LogP contribution in [0.3, 0.4) is 0 Å². The van der Waals surface area contributed by atoms with Gasteiger partial charge in [-0.15, -0.1) is 34.2 Å². The summed E-state index contributed by atoms with van der Waals surface area (Å²) >= 11 is 0. The number of fused-ring (bicyclic) bond motifs is 1. The van der Waals surface area contributed by atoms with Crippen LogP contribution in [0.25, 0.3) is 5.65 Å². The highest BCUT2D eigenvalue weighted by Gasteiger charge is 2.18. The standard InChI is InChI=1S/C20H25N7O.HI/c1-21-20(24-14-18-26-25-17-10-4-5-12-27(17)18)23-13-15-7-6-11-22-19(15)28-16-8-2-3-9-16;/h4-7,10-12,16H,2-3,8-9,13-14H2,1H3,(H2,21,23,24);1H. The number of nitrogens with zero attached hydrogens (tertiary/aromatic N) is 5. The van der Waals surface area contributed by atoms with E-state index in [0.717, 1.165) is 29.9 Å². The molecule has 1 aliphatic rings. The first kappa shape index (κ1) is 21.3. The molecular formula is C20H26IN7O. The van der Waals surface area contributed by atoms with Gasteiger partial charge < -0.3 is 15.4 Å². The molecule has 1 saturated carbocycles. The molecule has 8 nitrogen and oxygen atoms in total. The third-order valence-corrected chi connectivity index (χ3v) is 4.90. The molecular weight excluding hydrogens is 481 g/mol. The van der Waals surface area contributed by atoms with Crippen LogP contribution in [0.15, 0.2) is 47.7 Å². The number of aliphatic imine (C=N–C) groups is 1. The second-order valence-corrected chi connectivity index (χ2v) is 6.82. The smallest absolute Gasteiger partial charge is 0.218 e. The Balaban J connectivity index is 0.00000240. The Hall–Kier alpha value is -2.43. The van der Waals surface area contributed by atoms with Gasteiger partial charge >= 0.3 is 0 Å². The van der Waals surface area contributed by atoms with Crippen molar-refractivity contribution < 1.29 is 4.74 Å². The molecule has 1 fully saturated rings. The number of rotatable bonds is 6. The summed E-state index contributed by atoms with van der Waals surface area (Å²) in [6, 6.07) is 9.79. The van der Waals surface area contributed by atoms with Gasteiger partial charge in [-0.2, -0.15) is 0 Å². The number of nitrogens with one attached hydrogen (secondary N) is 2. The van der Waals surface area contributed by atoms with E-state index in [-0.39, 0.29) is 30.1 Å². The lowest BCUT2D eigenvalue weighted by atomic mass is 10.2. The van der Waals surface area contributed by atoms with Crippen molar-refractivity contribution in [1.29, 1.82) is 0 Å². The lowest BCUT2D eigenvalue weighted by Crippen LogP contribution is -2.37. The number of ether oxygens (including phenoxy) is 1. The summed E-state index contributed by atoms with van der Waals surface area (Å²) in [4.78, 5) is 8.71. The minimum Gasteiger partial charge on any atom is -0.474 e. The number of guanidine groups is 1. The summed E-state index contributed by atoms with van der Waals surface area (Å²) in [5, 5.41) is 15.0. The first-order chi connectivity index (χ1) is 13.8. The van der Waals surface area contributed by atoms with Gasteiger partial charge in [0.2, 0.25) is 5.88 Å². The lowest BCUT2D eigenvalue weighted by molar-refractivity contribution is 0.199. The van der Waals surface area contributed by atoms with Gasteiger partial charge in [-0.3, -0.25) is 9.39 Å². The molecule has 0 saturated heterocycles. The van der Waals surface area contributed by atoms with Gasteiger partial charge in [-0.1, -0.05) is 12.1 Å². The van der Waals surface area contributed by atoms with Crippen LogP contribution in [0.2, 0.25) is 0 Å². The largest absolute Gasteiger partial charge is 0.474 e. The first-order valence-electron chi connectivity index (χ1n) is 9.67. The summed E-state index contributed by atoms with van der Waals surface area (Å²) in [5.41, 5.74) is 1.84. The van der Waals surface area contributed by atoms with E-state index in [1.165, 1.54) is 12.8 Å². The lowest BCUT2D eigenvalue weighted by Gasteiger charge is -2.16. The number of pyridine rings is 2. The fourth-order valence-electron chi connectivity index (χ4n) is 3.40. The predicted octanol–water partition coefficient (Wildman–Crippen LogP) is 2.93. The molecule has 2 N–H and O–H groups in total. The number of hydrogen-bond acceptors (Lipinski definition) is 5. The molecule has 0 spiro atoms. The Morgan fingerprint density at radius 2 is 1.97 bits per heavy atom. The van der Waals surface area contributed by atoms with Crippen LogP contribution in [0, 0.1) is 0 Å². The maximum atomic E-state index is 6.11. The molecule has 0 bridgehead atoms.